The van der Waals surface area contributed by atoms with Crippen molar-refractivity contribution in [1.82, 2.24) is 10.2 Å². The molecule has 2 N–H and O–H groups in total. The van der Waals surface area contributed by atoms with E-state index in [9.17, 15) is 9.59 Å². The standard InChI is InChI=1S/C9H16N2O3/c1-6(2)9(3)7(13)11(4-5-12)8(14)10-9/h6,12H,4-5H2,1-3H3,(H,10,14). The van der Waals surface area contributed by atoms with Crippen molar-refractivity contribution < 1.29 is 14.7 Å². The van der Waals surface area contributed by atoms with Gasteiger partial charge in [0.1, 0.15) is 5.54 Å². The smallest absolute Gasteiger partial charge is 0.325 e. The van der Waals surface area contributed by atoms with Gasteiger partial charge in [0.2, 0.25) is 0 Å². The summed E-state index contributed by atoms with van der Waals surface area (Å²) in [4.78, 5) is 24.2. The van der Waals surface area contributed by atoms with Gasteiger partial charge >= 0.3 is 6.03 Å². The molecule has 0 aliphatic carbocycles. The molecule has 1 saturated heterocycles. The fourth-order valence-electron chi connectivity index (χ4n) is 1.41. The van der Waals surface area contributed by atoms with E-state index in [1.54, 1.807) is 6.92 Å². The number of carbonyl (C=O) groups excluding carboxylic acids is 2. The van der Waals surface area contributed by atoms with E-state index in [1.807, 2.05) is 13.8 Å². The molecular weight excluding hydrogens is 184 g/mol. The number of β-amino-alcohol motifs (C(OH)–C–C–N with tert-alkyl or cyclic N) is 1. The fourth-order valence-corrected chi connectivity index (χ4v) is 1.41. The lowest BCUT2D eigenvalue weighted by Crippen LogP contribution is -2.48. The van der Waals surface area contributed by atoms with Crippen molar-refractivity contribution >= 4 is 11.9 Å². The molecule has 0 bridgehead atoms. The largest absolute Gasteiger partial charge is 0.395 e. The zero-order valence-corrected chi connectivity index (χ0v) is 8.70. The average Bonchev–Trinajstić information content (AvgIpc) is 2.31. The zero-order valence-electron chi connectivity index (χ0n) is 8.70. The minimum absolute atomic E-state index is 0.0302. The Labute approximate surface area is 83.1 Å². The zero-order chi connectivity index (χ0) is 10.9. The van der Waals surface area contributed by atoms with Crippen molar-refractivity contribution in [3.05, 3.63) is 0 Å². The molecule has 1 unspecified atom stereocenters. The van der Waals surface area contributed by atoms with Gasteiger partial charge in [0, 0.05) is 0 Å². The van der Waals surface area contributed by atoms with Crippen LogP contribution in [0.4, 0.5) is 4.79 Å². The third-order valence-corrected chi connectivity index (χ3v) is 2.78. The maximum absolute atomic E-state index is 11.8. The second kappa shape index (κ2) is 3.57. The molecule has 0 spiro atoms. The summed E-state index contributed by atoms with van der Waals surface area (Å²) >= 11 is 0. The highest BCUT2D eigenvalue weighted by Gasteiger charge is 2.49. The third kappa shape index (κ3) is 1.48. The van der Waals surface area contributed by atoms with Gasteiger partial charge in [0.15, 0.2) is 0 Å². The number of hydrogen-bond acceptors (Lipinski definition) is 3. The number of amides is 3. The van der Waals surface area contributed by atoms with E-state index in [2.05, 4.69) is 5.32 Å². The first-order chi connectivity index (χ1) is 6.43. The van der Waals surface area contributed by atoms with Gasteiger partial charge in [-0.2, -0.15) is 0 Å². The van der Waals surface area contributed by atoms with Gasteiger partial charge in [0.25, 0.3) is 5.91 Å². The number of rotatable bonds is 3. The van der Waals surface area contributed by atoms with Crippen LogP contribution in [0.1, 0.15) is 20.8 Å². The van der Waals surface area contributed by atoms with Crippen LogP contribution in [0.2, 0.25) is 0 Å². The maximum atomic E-state index is 11.8. The summed E-state index contributed by atoms with van der Waals surface area (Å²) in [6, 6.07) is -0.416. The van der Waals surface area contributed by atoms with Gasteiger partial charge in [-0.15, -0.1) is 0 Å². The number of imide groups is 1. The van der Waals surface area contributed by atoms with Crippen molar-refractivity contribution in [1.29, 1.82) is 0 Å². The van der Waals surface area contributed by atoms with Crippen LogP contribution in [0, 0.1) is 5.92 Å². The predicted molar refractivity (Wildman–Crippen MR) is 50.6 cm³/mol. The van der Waals surface area contributed by atoms with Crippen molar-refractivity contribution in [2.75, 3.05) is 13.2 Å². The first kappa shape index (κ1) is 11.0. The summed E-state index contributed by atoms with van der Waals surface area (Å²) in [7, 11) is 0. The quantitative estimate of drug-likeness (QED) is 0.627. The number of aliphatic hydroxyl groups is 1. The number of hydrogen-bond donors (Lipinski definition) is 2. The molecule has 0 saturated carbocycles. The Hall–Kier alpha value is -1.10. The SMILES string of the molecule is CC(C)C1(C)NC(=O)N(CCO)C1=O. The molecule has 1 aliphatic rings. The van der Waals surface area contributed by atoms with E-state index in [1.165, 1.54) is 0 Å². The molecule has 1 rings (SSSR count). The van der Waals surface area contributed by atoms with Gasteiger partial charge in [-0.05, 0) is 12.8 Å². The van der Waals surface area contributed by atoms with Crippen LogP contribution in [-0.4, -0.2) is 40.6 Å². The number of aliphatic hydroxyl groups excluding tert-OH is 1. The van der Waals surface area contributed by atoms with E-state index < -0.39 is 11.6 Å². The van der Waals surface area contributed by atoms with Crippen molar-refractivity contribution in [2.24, 2.45) is 5.92 Å². The molecule has 0 aromatic rings. The lowest BCUT2D eigenvalue weighted by atomic mass is 9.88. The van der Waals surface area contributed by atoms with Gasteiger partial charge in [-0.1, -0.05) is 13.8 Å². The Morgan fingerprint density at radius 3 is 2.43 bits per heavy atom. The second-order valence-corrected chi connectivity index (χ2v) is 3.97. The fraction of sp³-hybridized carbons (Fsp3) is 0.778. The topological polar surface area (TPSA) is 69.6 Å². The van der Waals surface area contributed by atoms with Gasteiger partial charge < -0.3 is 10.4 Å². The second-order valence-electron chi connectivity index (χ2n) is 3.97. The van der Waals surface area contributed by atoms with E-state index in [0.717, 1.165) is 4.90 Å². The van der Waals surface area contributed by atoms with Crippen molar-refractivity contribution in [3.63, 3.8) is 0 Å². The molecule has 0 aromatic heterocycles. The molecule has 0 radical (unpaired) electrons. The first-order valence-corrected chi connectivity index (χ1v) is 4.68. The van der Waals surface area contributed by atoms with Crippen LogP contribution in [-0.2, 0) is 4.79 Å². The molecule has 3 amide bonds. The molecule has 14 heavy (non-hydrogen) atoms. The Morgan fingerprint density at radius 2 is 2.07 bits per heavy atom. The normalized spacial score (nSPS) is 27.4. The predicted octanol–water partition coefficient (Wildman–Crippen LogP) is -0.0548. The number of nitrogens with one attached hydrogen (secondary N) is 1. The maximum Gasteiger partial charge on any atom is 0.325 e. The summed E-state index contributed by atoms with van der Waals surface area (Å²) < 4.78 is 0. The highest BCUT2D eigenvalue weighted by atomic mass is 16.3. The van der Waals surface area contributed by atoms with Crippen LogP contribution >= 0.6 is 0 Å². The van der Waals surface area contributed by atoms with E-state index in [4.69, 9.17) is 5.11 Å². The average molecular weight is 200 g/mol. The molecule has 0 aromatic carbocycles. The van der Waals surface area contributed by atoms with Crippen LogP contribution in [0.15, 0.2) is 0 Å². The highest BCUT2D eigenvalue weighted by molar-refractivity contribution is 6.06. The molecule has 1 atom stereocenters. The number of nitrogens with zero attached hydrogens (tertiary/aromatic N) is 1. The Balaban J connectivity index is 2.89. The lowest BCUT2D eigenvalue weighted by Gasteiger charge is -2.25. The van der Waals surface area contributed by atoms with Gasteiger partial charge in [-0.25, -0.2) is 4.79 Å². The number of carbonyl (C=O) groups is 2. The summed E-state index contributed by atoms with van der Waals surface area (Å²) in [5, 5.41) is 11.3. The molecular formula is C9H16N2O3. The van der Waals surface area contributed by atoms with E-state index >= 15 is 0 Å². The summed E-state index contributed by atoms with van der Waals surface area (Å²) in [6.45, 7) is 5.32. The van der Waals surface area contributed by atoms with E-state index in [-0.39, 0.29) is 25.0 Å². The van der Waals surface area contributed by atoms with Gasteiger partial charge in [-0.3, -0.25) is 9.69 Å². The molecule has 1 heterocycles. The first-order valence-electron chi connectivity index (χ1n) is 4.68. The molecule has 1 aliphatic heterocycles. The van der Waals surface area contributed by atoms with Crippen LogP contribution in [0.25, 0.3) is 0 Å². The Morgan fingerprint density at radius 1 is 1.50 bits per heavy atom. The summed E-state index contributed by atoms with van der Waals surface area (Å²) in [5.74, 6) is -0.228. The summed E-state index contributed by atoms with van der Waals surface area (Å²) in [5.41, 5.74) is -0.827. The van der Waals surface area contributed by atoms with Gasteiger partial charge in [0.05, 0.1) is 13.2 Å². The Bertz CT molecular complexity index is 265. The Kier molecular flexibility index (Phi) is 2.80. The molecule has 1 fully saturated rings. The van der Waals surface area contributed by atoms with Crippen LogP contribution in [0.5, 0.6) is 0 Å². The molecule has 5 heteroatoms. The molecule has 80 valence electrons. The molecule has 5 nitrogen and oxygen atoms in total. The lowest BCUT2D eigenvalue weighted by molar-refractivity contribution is -0.132. The van der Waals surface area contributed by atoms with E-state index in [0.29, 0.717) is 0 Å². The third-order valence-electron chi connectivity index (χ3n) is 2.78. The minimum Gasteiger partial charge on any atom is -0.395 e. The van der Waals surface area contributed by atoms with Crippen molar-refractivity contribution in [3.8, 4) is 0 Å². The summed E-state index contributed by atoms with van der Waals surface area (Å²) in [6.07, 6.45) is 0. The monoisotopic (exact) mass is 200 g/mol. The number of urea groups is 1. The van der Waals surface area contributed by atoms with Crippen LogP contribution in [0.3, 0.4) is 0 Å². The van der Waals surface area contributed by atoms with Crippen molar-refractivity contribution in [2.45, 2.75) is 26.3 Å². The highest BCUT2D eigenvalue weighted by Crippen LogP contribution is 2.24. The van der Waals surface area contributed by atoms with Crippen LogP contribution < -0.4 is 5.32 Å². The minimum atomic E-state index is -0.827.